The number of anilines is 1. The summed E-state index contributed by atoms with van der Waals surface area (Å²) in [5.74, 6) is 2.14. The van der Waals surface area contributed by atoms with Crippen molar-refractivity contribution in [3.05, 3.63) is 24.3 Å². The molecule has 1 aromatic carbocycles. The van der Waals surface area contributed by atoms with Gasteiger partial charge in [0.1, 0.15) is 0 Å². The van der Waals surface area contributed by atoms with Crippen LogP contribution in [0.1, 0.15) is 25.7 Å². The van der Waals surface area contributed by atoms with Crippen LogP contribution < -0.4 is 5.32 Å². The summed E-state index contributed by atoms with van der Waals surface area (Å²) in [5.41, 5.74) is 0.992. The summed E-state index contributed by atoms with van der Waals surface area (Å²) in [7, 11) is 0. The second-order valence-electron chi connectivity index (χ2n) is 4.95. The topological polar surface area (TPSA) is 29.1 Å². The molecule has 2 atom stereocenters. The van der Waals surface area contributed by atoms with Crippen LogP contribution in [0.25, 0.3) is 0 Å². The van der Waals surface area contributed by atoms with E-state index in [-0.39, 0.29) is 11.8 Å². The zero-order valence-corrected chi connectivity index (χ0v) is 10.6. The van der Waals surface area contributed by atoms with Gasteiger partial charge in [-0.1, -0.05) is 25.0 Å². The van der Waals surface area contributed by atoms with E-state index in [1.54, 1.807) is 0 Å². The molecule has 0 aromatic heterocycles. The quantitative estimate of drug-likeness (QED) is 0.759. The molecule has 0 saturated heterocycles. The molecule has 0 spiro atoms. The van der Waals surface area contributed by atoms with Crippen LogP contribution in [0.4, 0.5) is 5.69 Å². The molecule has 1 fully saturated rings. The number of rotatable bonds is 0. The minimum atomic E-state index is 0.238. The summed E-state index contributed by atoms with van der Waals surface area (Å²) in [4.78, 5) is 13.5. The number of thioether (sulfide) groups is 1. The first kappa shape index (κ1) is 11.1. The van der Waals surface area contributed by atoms with Crippen molar-refractivity contribution in [3.8, 4) is 0 Å². The van der Waals surface area contributed by atoms with Crippen molar-refractivity contribution in [2.24, 2.45) is 11.8 Å². The molecule has 3 heteroatoms. The zero-order valence-electron chi connectivity index (χ0n) is 9.82. The third-order valence-electron chi connectivity index (χ3n) is 3.84. The summed E-state index contributed by atoms with van der Waals surface area (Å²) >= 11 is 1.90. The maximum Gasteiger partial charge on any atom is 0.227 e. The smallest absolute Gasteiger partial charge is 0.227 e. The number of para-hydroxylation sites is 1. The van der Waals surface area contributed by atoms with E-state index in [0.29, 0.717) is 5.92 Å². The molecule has 3 rings (SSSR count). The molecular weight excluding hydrogens is 230 g/mol. The van der Waals surface area contributed by atoms with Gasteiger partial charge in [-0.25, -0.2) is 0 Å². The first-order valence-electron chi connectivity index (χ1n) is 6.37. The number of hydrogen-bond acceptors (Lipinski definition) is 2. The van der Waals surface area contributed by atoms with Gasteiger partial charge in [0.25, 0.3) is 0 Å². The molecular formula is C14H17NOS. The van der Waals surface area contributed by atoms with Gasteiger partial charge in [-0.05, 0) is 30.9 Å². The lowest BCUT2D eigenvalue weighted by Gasteiger charge is -2.32. The number of carbonyl (C=O) groups is 1. The number of fused-ring (bicyclic) bond motifs is 2. The Morgan fingerprint density at radius 3 is 2.94 bits per heavy atom. The van der Waals surface area contributed by atoms with Gasteiger partial charge in [0, 0.05) is 16.6 Å². The number of carbonyl (C=O) groups excluding carboxylic acids is 1. The minimum absolute atomic E-state index is 0.238. The van der Waals surface area contributed by atoms with Gasteiger partial charge in [-0.15, -0.1) is 11.8 Å². The first-order valence-corrected chi connectivity index (χ1v) is 7.36. The maximum absolute atomic E-state index is 12.2. The number of benzene rings is 1. The fourth-order valence-electron chi connectivity index (χ4n) is 2.87. The lowest BCUT2D eigenvalue weighted by molar-refractivity contribution is -0.122. The predicted octanol–water partition coefficient (Wildman–Crippen LogP) is 3.54. The van der Waals surface area contributed by atoms with Crippen LogP contribution in [-0.2, 0) is 4.79 Å². The van der Waals surface area contributed by atoms with Crippen LogP contribution in [0, 0.1) is 11.8 Å². The molecule has 0 bridgehead atoms. The largest absolute Gasteiger partial charge is 0.325 e. The molecule has 0 radical (unpaired) electrons. The lowest BCUT2D eigenvalue weighted by atomic mass is 9.79. The molecule has 1 heterocycles. The molecule has 1 saturated carbocycles. The lowest BCUT2D eigenvalue weighted by Crippen LogP contribution is -2.34. The Balaban J connectivity index is 1.90. The fourth-order valence-corrected chi connectivity index (χ4v) is 4.11. The highest BCUT2D eigenvalue weighted by Gasteiger charge is 2.32. The van der Waals surface area contributed by atoms with Gasteiger partial charge in [0.15, 0.2) is 0 Å². The van der Waals surface area contributed by atoms with Gasteiger partial charge in [0.05, 0.1) is 5.69 Å². The third-order valence-corrected chi connectivity index (χ3v) is 5.11. The van der Waals surface area contributed by atoms with Gasteiger partial charge in [0.2, 0.25) is 5.91 Å². The SMILES string of the molecule is O=C1Nc2ccccc2SCC2CCCCC12. The van der Waals surface area contributed by atoms with Crippen LogP contribution in [-0.4, -0.2) is 11.7 Å². The molecule has 17 heavy (non-hydrogen) atoms. The van der Waals surface area contributed by atoms with Gasteiger partial charge in [-0.3, -0.25) is 4.79 Å². The Kier molecular flexibility index (Phi) is 3.10. The Morgan fingerprint density at radius 1 is 1.18 bits per heavy atom. The summed E-state index contributed by atoms with van der Waals surface area (Å²) < 4.78 is 0. The summed E-state index contributed by atoms with van der Waals surface area (Å²) in [6.45, 7) is 0. The number of nitrogens with one attached hydrogen (secondary N) is 1. The molecule has 1 amide bonds. The van der Waals surface area contributed by atoms with Crippen LogP contribution in [0.5, 0.6) is 0 Å². The second-order valence-corrected chi connectivity index (χ2v) is 6.01. The molecule has 2 nitrogen and oxygen atoms in total. The van der Waals surface area contributed by atoms with Crippen LogP contribution in [0.3, 0.4) is 0 Å². The highest BCUT2D eigenvalue weighted by Crippen LogP contribution is 2.39. The third kappa shape index (κ3) is 2.21. The van der Waals surface area contributed by atoms with E-state index in [1.807, 2.05) is 30.0 Å². The fraction of sp³-hybridized carbons (Fsp3) is 0.500. The van der Waals surface area contributed by atoms with Crippen molar-refractivity contribution in [1.82, 2.24) is 0 Å². The van der Waals surface area contributed by atoms with E-state index < -0.39 is 0 Å². The first-order chi connectivity index (χ1) is 8.34. The van der Waals surface area contributed by atoms with Crippen molar-refractivity contribution in [3.63, 3.8) is 0 Å². The van der Waals surface area contributed by atoms with Gasteiger partial charge < -0.3 is 5.32 Å². The monoisotopic (exact) mass is 247 g/mol. The van der Waals surface area contributed by atoms with E-state index in [2.05, 4.69) is 11.4 Å². The Hall–Kier alpha value is -0.960. The van der Waals surface area contributed by atoms with Gasteiger partial charge >= 0.3 is 0 Å². The standard InChI is InChI=1S/C14H17NOS/c16-14-11-6-2-1-5-10(11)9-17-13-8-4-3-7-12(13)15-14/h3-4,7-8,10-11H,1-2,5-6,9H2,(H,15,16). The Morgan fingerprint density at radius 2 is 2.00 bits per heavy atom. The average molecular weight is 247 g/mol. The predicted molar refractivity (Wildman–Crippen MR) is 71.2 cm³/mol. The van der Waals surface area contributed by atoms with Crippen molar-refractivity contribution in [2.75, 3.05) is 11.1 Å². The van der Waals surface area contributed by atoms with E-state index in [1.165, 1.54) is 24.2 Å². The van der Waals surface area contributed by atoms with Gasteiger partial charge in [-0.2, -0.15) is 0 Å². The average Bonchev–Trinajstić information content (AvgIpc) is 2.36. The summed E-state index contributed by atoms with van der Waals surface area (Å²) in [6.07, 6.45) is 4.78. The second kappa shape index (κ2) is 4.73. The van der Waals surface area contributed by atoms with Crippen molar-refractivity contribution in [2.45, 2.75) is 30.6 Å². The van der Waals surface area contributed by atoms with Crippen LogP contribution >= 0.6 is 11.8 Å². The van der Waals surface area contributed by atoms with E-state index in [9.17, 15) is 4.79 Å². The normalized spacial score (nSPS) is 28.4. The van der Waals surface area contributed by atoms with Crippen molar-refractivity contribution in [1.29, 1.82) is 0 Å². The molecule has 2 unspecified atom stereocenters. The molecule has 2 aliphatic rings. The summed E-state index contributed by atoms with van der Waals surface area (Å²) in [5, 5.41) is 3.10. The molecule has 1 N–H and O–H groups in total. The van der Waals surface area contributed by atoms with E-state index in [0.717, 1.165) is 17.9 Å². The maximum atomic E-state index is 12.2. The van der Waals surface area contributed by atoms with E-state index in [4.69, 9.17) is 0 Å². The molecule has 90 valence electrons. The number of hydrogen-bond donors (Lipinski definition) is 1. The molecule has 1 aliphatic heterocycles. The Bertz CT molecular complexity index is 432. The van der Waals surface area contributed by atoms with Crippen molar-refractivity contribution >= 4 is 23.4 Å². The zero-order chi connectivity index (χ0) is 11.7. The van der Waals surface area contributed by atoms with Crippen LogP contribution in [0.2, 0.25) is 0 Å². The molecule has 1 aromatic rings. The van der Waals surface area contributed by atoms with Crippen LogP contribution in [0.15, 0.2) is 29.2 Å². The Labute approximate surface area is 106 Å². The number of amides is 1. The minimum Gasteiger partial charge on any atom is -0.325 e. The van der Waals surface area contributed by atoms with E-state index >= 15 is 0 Å². The summed E-state index contributed by atoms with van der Waals surface area (Å²) in [6, 6.07) is 8.13. The highest BCUT2D eigenvalue weighted by atomic mass is 32.2. The highest BCUT2D eigenvalue weighted by molar-refractivity contribution is 7.99. The molecule has 1 aliphatic carbocycles. The van der Waals surface area contributed by atoms with Crippen molar-refractivity contribution < 1.29 is 4.79 Å².